The maximum Gasteiger partial charge on any atom is 0.319 e. The Labute approximate surface area is 147 Å². The molecular weight excluding hydrogens is 326 g/mol. The summed E-state index contributed by atoms with van der Waals surface area (Å²) in [7, 11) is 0. The summed E-state index contributed by atoms with van der Waals surface area (Å²) in [6.45, 7) is 1.96. The van der Waals surface area contributed by atoms with Gasteiger partial charge in [0.05, 0.1) is 6.61 Å². The lowest BCUT2D eigenvalue weighted by molar-refractivity contribution is -0.171. The molecule has 3 aliphatic heterocycles. The van der Waals surface area contributed by atoms with Gasteiger partial charge in [-0.2, -0.15) is 0 Å². The third kappa shape index (κ3) is 3.84. The first kappa shape index (κ1) is 17.8. The van der Waals surface area contributed by atoms with Crippen LogP contribution in [-0.4, -0.2) is 83.8 Å². The van der Waals surface area contributed by atoms with E-state index in [2.05, 4.69) is 0 Å². The predicted octanol–water partition coefficient (Wildman–Crippen LogP) is -0.235. The van der Waals surface area contributed by atoms with Crippen molar-refractivity contribution in [3.05, 3.63) is 0 Å². The zero-order valence-corrected chi connectivity index (χ0v) is 14.4. The number of ether oxygens (including phenoxy) is 1. The fourth-order valence-corrected chi connectivity index (χ4v) is 3.67. The Morgan fingerprint density at radius 3 is 1.96 bits per heavy atom. The lowest BCUT2D eigenvalue weighted by Crippen LogP contribution is -2.62. The number of nitrogens with zero attached hydrogens (tertiary/aromatic N) is 3. The molecule has 8 nitrogen and oxygen atoms in total. The maximum atomic E-state index is 12.8. The lowest BCUT2D eigenvalue weighted by atomic mass is 10.1. The largest absolute Gasteiger partial charge is 0.369 e. The van der Waals surface area contributed by atoms with Crippen LogP contribution in [0.5, 0.6) is 0 Å². The first-order valence-corrected chi connectivity index (χ1v) is 9.11. The number of rotatable bonds is 1. The van der Waals surface area contributed by atoms with E-state index in [1.807, 2.05) is 0 Å². The zero-order valence-electron chi connectivity index (χ0n) is 14.4. The second kappa shape index (κ2) is 7.95. The minimum absolute atomic E-state index is 0.0416. The fraction of sp³-hybridized carbons (Fsp3) is 0.765. The van der Waals surface area contributed by atoms with Crippen molar-refractivity contribution >= 4 is 23.6 Å². The second-order valence-electron chi connectivity index (χ2n) is 6.84. The van der Waals surface area contributed by atoms with Gasteiger partial charge in [0.2, 0.25) is 5.91 Å². The number of amides is 4. The molecule has 138 valence electrons. The summed E-state index contributed by atoms with van der Waals surface area (Å²) in [4.78, 5) is 54.2. The van der Waals surface area contributed by atoms with E-state index in [0.717, 1.165) is 43.4 Å². The molecule has 25 heavy (non-hydrogen) atoms. The number of morpholine rings is 1. The Bertz CT molecular complexity index is 552. The Morgan fingerprint density at radius 1 is 0.800 bits per heavy atom. The van der Waals surface area contributed by atoms with Crippen molar-refractivity contribution in [2.45, 2.75) is 44.6 Å². The third-order valence-corrected chi connectivity index (χ3v) is 5.08. The van der Waals surface area contributed by atoms with Crippen LogP contribution in [0.2, 0.25) is 0 Å². The molecular formula is C17H25N3O5. The van der Waals surface area contributed by atoms with Gasteiger partial charge < -0.3 is 14.5 Å². The van der Waals surface area contributed by atoms with Crippen molar-refractivity contribution in [2.75, 3.05) is 39.4 Å². The van der Waals surface area contributed by atoms with E-state index in [9.17, 15) is 19.2 Å². The molecule has 3 saturated heterocycles. The van der Waals surface area contributed by atoms with Crippen LogP contribution >= 0.6 is 0 Å². The monoisotopic (exact) mass is 351 g/mol. The van der Waals surface area contributed by atoms with E-state index in [4.69, 9.17) is 4.74 Å². The highest BCUT2D eigenvalue weighted by atomic mass is 16.5. The first-order valence-electron chi connectivity index (χ1n) is 9.11. The summed E-state index contributed by atoms with van der Waals surface area (Å²) in [6, 6.07) is -1.03. The van der Waals surface area contributed by atoms with Crippen LogP contribution in [0.3, 0.4) is 0 Å². The van der Waals surface area contributed by atoms with Gasteiger partial charge in [0.25, 0.3) is 5.91 Å². The summed E-state index contributed by atoms with van der Waals surface area (Å²) in [6.07, 6.45) is 5.63. The first-order chi connectivity index (χ1) is 12.1. The minimum Gasteiger partial charge on any atom is -0.369 e. The fourth-order valence-electron chi connectivity index (χ4n) is 3.67. The van der Waals surface area contributed by atoms with Gasteiger partial charge in [0, 0.05) is 26.2 Å². The van der Waals surface area contributed by atoms with E-state index in [-0.39, 0.29) is 19.1 Å². The second-order valence-corrected chi connectivity index (χ2v) is 6.84. The predicted molar refractivity (Wildman–Crippen MR) is 87.3 cm³/mol. The number of imide groups is 1. The van der Waals surface area contributed by atoms with Crippen LogP contribution in [0.25, 0.3) is 0 Å². The number of carbonyl (C=O) groups excluding carboxylic acids is 4. The van der Waals surface area contributed by atoms with Gasteiger partial charge in [0.15, 0.2) is 0 Å². The van der Waals surface area contributed by atoms with Gasteiger partial charge in [0.1, 0.15) is 12.6 Å². The minimum atomic E-state index is -1.03. The topological polar surface area (TPSA) is 87.2 Å². The number of hydrogen-bond acceptors (Lipinski definition) is 5. The molecule has 0 radical (unpaired) electrons. The smallest absolute Gasteiger partial charge is 0.319 e. The molecule has 3 heterocycles. The van der Waals surface area contributed by atoms with Crippen LogP contribution in [0.15, 0.2) is 0 Å². The van der Waals surface area contributed by atoms with Crippen LogP contribution in [0, 0.1) is 0 Å². The van der Waals surface area contributed by atoms with Crippen molar-refractivity contribution in [1.82, 2.24) is 14.7 Å². The molecule has 3 fully saturated rings. The van der Waals surface area contributed by atoms with E-state index < -0.39 is 23.8 Å². The Kier molecular flexibility index (Phi) is 5.67. The van der Waals surface area contributed by atoms with Crippen molar-refractivity contribution in [2.24, 2.45) is 0 Å². The highest BCUT2D eigenvalue weighted by Crippen LogP contribution is 2.18. The molecule has 0 saturated carbocycles. The maximum absolute atomic E-state index is 12.8. The third-order valence-electron chi connectivity index (χ3n) is 5.08. The van der Waals surface area contributed by atoms with Gasteiger partial charge in [-0.05, 0) is 38.5 Å². The zero-order chi connectivity index (χ0) is 17.8. The van der Waals surface area contributed by atoms with Crippen molar-refractivity contribution in [1.29, 1.82) is 0 Å². The molecule has 0 aromatic rings. The molecule has 0 aliphatic carbocycles. The van der Waals surface area contributed by atoms with Crippen LogP contribution < -0.4 is 0 Å². The Balaban J connectivity index is 1.74. The van der Waals surface area contributed by atoms with E-state index >= 15 is 0 Å². The van der Waals surface area contributed by atoms with Crippen LogP contribution in [-0.2, 0) is 23.9 Å². The molecule has 0 spiro atoms. The summed E-state index contributed by atoms with van der Waals surface area (Å²) in [5.74, 6) is -2.50. The molecule has 1 unspecified atom stereocenters. The summed E-state index contributed by atoms with van der Waals surface area (Å²) >= 11 is 0. The molecule has 4 amide bonds. The standard InChI is InChI=1S/C17H25N3O5/c21-14-12-25-11-13(15(22)18-7-3-1-4-8-18)20(14)17(24)16(23)19-9-5-2-6-10-19/h13H,1-12H2. The van der Waals surface area contributed by atoms with Gasteiger partial charge in [-0.1, -0.05) is 0 Å². The summed E-state index contributed by atoms with van der Waals surface area (Å²) in [5.41, 5.74) is 0. The molecule has 1 atom stereocenters. The lowest BCUT2D eigenvalue weighted by Gasteiger charge is -2.38. The number of hydrogen-bond donors (Lipinski definition) is 0. The summed E-state index contributed by atoms with van der Waals surface area (Å²) in [5, 5.41) is 0. The normalized spacial score (nSPS) is 25.0. The van der Waals surface area contributed by atoms with Crippen molar-refractivity contribution in [3.8, 4) is 0 Å². The van der Waals surface area contributed by atoms with Gasteiger partial charge in [-0.25, -0.2) is 0 Å². The van der Waals surface area contributed by atoms with Gasteiger partial charge in [-0.3, -0.25) is 24.1 Å². The quantitative estimate of drug-likeness (QED) is 0.609. The average Bonchev–Trinajstić information content (AvgIpc) is 2.67. The molecule has 0 bridgehead atoms. The van der Waals surface area contributed by atoms with Gasteiger partial charge in [-0.15, -0.1) is 0 Å². The molecule has 0 N–H and O–H groups in total. The molecule has 0 aromatic heterocycles. The highest BCUT2D eigenvalue weighted by Gasteiger charge is 2.43. The van der Waals surface area contributed by atoms with E-state index in [0.29, 0.717) is 26.2 Å². The molecule has 3 rings (SSSR count). The van der Waals surface area contributed by atoms with Crippen LogP contribution in [0.4, 0.5) is 0 Å². The number of piperidine rings is 2. The molecule has 0 aromatic carbocycles. The number of carbonyl (C=O) groups is 4. The highest BCUT2D eigenvalue weighted by molar-refractivity contribution is 6.38. The van der Waals surface area contributed by atoms with E-state index in [1.165, 1.54) is 4.90 Å². The number of likely N-dealkylation sites (tertiary alicyclic amines) is 2. The summed E-state index contributed by atoms with van der Waals surface area (Å²) < 4.78 is 5.20. The van der Waals surface area contributed by atoms with Gasteiger partial charge >= 0.3 is 11.8 Å². The average molecular weight is 351 g/mol. The van der Waals surface area contributed by atoms with Crippen LogP contribution in [0.1, 0.15) is 38.5 Å². The Morgan fingerprint density at radius 2 is 1.36 bits per heavy atom. The van der Waals surface area contributed by atoms with E-state index in [1.54, 1.807) is 4.90 Å². The molecule has 8 heteroatoms. The van der Waals surface area contributed by atoms with Crippen molar-refractivity contribution < 1.29 is 23.9 Å². The Hall–Kier alpha value is -1.96. The molecule has 3 aliphatic rings. The van der Waals surface area contributed by atoms with Crippen molar-refractivity contribution in [3.63, 3.8) is 0 Å². The SMILES string of the molecule is O=C(C(=O)N1C(=O)COCC1C(=O)N1CCCCC1)N1CCCCC1.